The van der Waals surface area contributed by atoms with Crippen molar-refractivity contribution < 1.29 is 4.79 Å². The molecule has 0 atom stereocenters. The molecule has 0 bridgehead atoms. The molecule has 18 heavy (non-hydrogen) atoms. The number of rotatable bonds is 3. The lowest BCUT2D eigenvalue weighted by atomic mass is 9.97. The molecule has 0 aromatic heterocycles. The second kappa shape index (κ2) is 5.88. The molecule has 1 amide bonds. The monoisotopic (exact) mass is 422 g/mol. The Balaban J connectivity index is 2.18. The van der Waals surface area contributed by atoms with Gasteiger partial charge < -0.3 is 11.1 Å². The summed E-state index contributed by atoms with van der Waals surface area (Å²) in [5, 5.41) is 3.14. The number of amides is 1. The Hall–Kier alpha value is -0.140. The molecule has 1 aliphatic rings. The van der Waals surface area contributed by atoms with Crippen LogP contribution in [0.4, 0.5) is 0 Å². The Morgan fingerprint density at radius 1 is 1.44 bits per heavy atom. The quantitative estimate of drug-likeness (QED) is 0.735. The number of nitrogens with two attached hydrogens (primary N) is 1. The van der Waals surface area contributed by atoms with Crippen molar-refractivity contribution in [2.24, 2.45) is 5.73 Å². The molecule has 5 heteroatoms. The van der Waals surface area contributed by atoms with E-state index < -0.39 is 0 Å². The van der Waals surface area contributed by atoms with E-state index in [0.717, 1.165) is 33.7 Å². The smallest absolute Gasteiger partial charge is 0.252 e. The zero-order valence-electron chi connectivity index (χ0n) is 10.0. The van der Waals surface area contributed by atoms with Gasteiger partial charge in [-0.1, -0.05) is 28.8 Å². The summed E-state index contributed by atoms with van der Waals surface area (Å²) in [7, 11) is 0. The maximum Gasteiger partial charge on any atom is 0.252 e. The van der Waals surface area contributed by atoms with Crippen LogP contribution in [0.1, 0.15) is 36.0 Å². The maximum atomic E-state index is 12.3. The first-order chi connectivity index (χ1) is 8.56. The van der Waals surface area contributed by atoms with Crippen LogP contribution in [0.15, 0.2) is 22.7 Å². The Morgan fingerprint density at radius 3 is 2.72 bits per heavy atom. The fraction of sp³-hybridized carbons (Fsp3) is 0.462. The molecule has 0 unspecified atom stereocenters. The zero-order chi connectivity index (χ0) is 13.2. The highest BCUT2D eigenvalue weighted by atomic mass is 127. The summed E-state index contributed by atoms with van der Waals surface area (Å²) >= 11 is 5.58. The molecule has 3 N–H and O–H groups in total. The van der Waals surface area contributed by atoms with Crippen LogP contribution in [-0.2, 0) is 0 Å². The van der Waals surface area contributed by atoms with Gasteiger partial charge in [0.2, 0.25) is 0 Å². The van der Waals surface area contributed by atoms with Gasteiger partial charge in [0.15, 0.2) is 0 Å². The highest BCUT2D eigenvalue weighted by Gasteiger charge is 2.34. The minimum absolute atomic E-state index is 0.0203. The molecule has 1 fully saturated rings. The molecule has 1 aromatic carbocycles. The average molecular weight is 423 g/mol. The Kier molecular flexibility index (Phi) is 4.66. The molecule has 0 radical (unpaired) electrons. The number of nitrogens with one attached hydrogen (secondary N) is 1. The third-order valence-corrected chi connectivity index (χ3v) is 4.94. The normalized spacial score (nSPS) is 17.7. The topological polar surface area (TPSA) is 55.1 Å². The molecule has 0 spiro atoms. The fourth-order valence-corrected chi connectivity index (χ4v) is 3.35. The molecule has 1 aromatic rings. The van der Waals surface area contributed by atoms with Crippen LogP contribution in [0.5, 0.6) is 0 Å². The summed E-state index contributed by atoms with van der Waals surface area (Å²) < 4.78 is 1.87. The Labute approximate surface area is 129 Å². The second-order valence-corrected chi connectivity index (χ2v) is 6.85. The van der Waals surface area contributed by atoms with Crippen molar-refractivity contribution in [1.82, 2.24) is 5.32 Å². The van der Waals surface area contributed by atoms with Crippen molar-refractivity contribution in [2.75, 3.05) is 6.54 Å². The molecule has 1 aliphatic carbocycles. The third kappa shape index (κ3) is 3.05. The van der Waals surface area contributed by atoms with Gasteiger partial charge in [0.1, 0.15) is 0 Å². The number of halogens is 2. The largest absolute Gasteiger partial charge is 0.345 e. The number of hydrogen-bond donors (Lipinski definition) is 2. The summed E-state index contributed by atoms with van der Waals surface area (Å²) in [4.78, 5) is 12.3. The maximum absolute atomic E-state index is 12.3. The first kappa shape index (κ1) is 14.3. The van der Waals surface area contributed by atoms with Crippen molar-refractivity contribution in [3.05, 3.63) is 31.8 Å². The minimum atomic E-state index is -0.192. The SMILES string of the molecule is NCC1(NC(=O)c2cc(Br)ccc2I)CCCC1. The minimum Gasteiger partial charge on any atom is -0.345 e. The summed E-state index contributed by atoms with van der Waals surface area (Å²) in [6.45, 7) is 0.517. The summed E-state index contributed by atoms with van der Waals surface area (Å²) in [6.07, 6.45) is 4.26. The second-order valence-electron chi connectivity index (χ2n) is 4.77. The van der Waals surface area contributed by atoms with Crippen LogP contribution in [0.2, 0.25) is 0 Å². The molecule has 2 rings (SSSR count). The zero-order valence-corrected chi connectivity index (χ0v) is 13.8. The van der Waals surface area contributed by atoms with Crippen LogP contribution < -0.4 is 11.1 Å². The first-order valence-corrected chi connectivity index (χ1v) is 7.91. The van der Waals surface area contributed by atoms with Gasteiger partial charge in [-0.2, -0.15) is 0 Å². The van der Waals surface area contributed by atoms with E-state index in [4.69, 9.17) is 5.73 Å². The van der Waals surface area contributed by atoms with Crippen molar-refractivity contribution in [3.8, 4) is 0 Å². The van der Waals surface area contributed by atoms with Crippen LogP contribution in [0.3, 0.4) is 0 Å². The summed E-state index contributed by atoms with van der Waals surface area (Å²) in [6, 6.07) is 5.73. The van der Waals surface area contributed by atoms with Gasteiger partial charge >= 0.3 is 0 Å². The predicted octanol–water partition coefficient (Wildman–Crippen LogP) is 3.06. The van der Waals surface area contributed by atoms with E-state index in [2.05, 4.69) is 43.8 Å². The molecule has 98 valence electrons. The van der Waals surface area contributed by atoms with Gasteiger partial charge in [-0.3, -0.25) is 4.79 Å². The van der Waals surface area contributed by atoms with Crippen molar-refractivity contribution in [3.63, 3.8) is 0 Å². The van der Waals surface area contributed by atoms with Gasteiger partial charge in [-0.25, -0.2) is 0 Å². The third-order valence-electron chi connectivity index (χ3n) is 3.50. The van der Waals surface area contributed by atoms with E-state index in [1.807, 2.05) is 18.2 Å². The highest BCUT2D eigenvalue weighted by molar-refractivity contribution is 14.1. The van der Waals surface area contributed by atoms with Crippen LogP contribution in [-0.4, -0.2) is 18.0 Å². The van der Waals surface area contributed by atoms with Gasteiger partial charge in [0.25, 0.3) is 5.91 Å². The van der Waals surface area contributed by atoms with Crippen LogP contribution >= 0.6 is 38.5 Å². The van der Waals surface area contributed by atoms with Gasteiger partial charge in [-0.15, -0.1) is 0 Å². The summed E-state index contributed by atoms with van der Waals surface area (Å²) in [5.41, 5.74) is 6.36. The van der Waals surface area contributed by atoms with Crippen LogP contribution in [0, 0.1) is 3.57 Å². The van der Waals surface area contributed by atoms with E-state index in [1.165, 1.54) is 0 Å². The lowest BCUT2D eigenvalue weighted by molar-refractivity contribution is 0.0902. The fourth-order valence-electron chi connectivity index (χ4n) is 2.41. The molecule has 3 nitrogen and oxygen atoms in total. The number of carbonyl (C=O) groups is 1. The van der Waals surface area contributed by atoms with E-state index in [9.17, 15) is 4.79 Å². The molecular formula is C13H16BrIN2O. The average Bonchev–Trinajstić information content (AvgIpc) is 2.81. The summed E-state index contributed by atoms with van der Waals surface area (Å²) in [5.74, 6) is -0.0203. The van der Waals surface area contributed by atoms with E-state index in [0.29, 0.717) is 12.1 Å². The van der Waals surface area contributed by atoms with Crippen molar-refractivity contribution >= 4 is 44.4 Å². The lowest BCUT2D eigenvalue weighted by Gasteiger charge is -2.29. The number of carbonyl (C=O) groups excluding carboxylic acids is 1. The van der Waals surface area contributed by atoms with Gasteiger partial charge in [-0.05, 0) is 53.6 Å². The predicted molar refractivity (Wildman–Crippen MR) is 84.6 cm³/mol. The van der Waals surface area contributed by atoms with E-state index in [-0.39, 0.29) is 11.4 Å². The molecule has 0 heterocycles. The first-order valence-electron chi connectivity index (χ1n) is 6.04. The molecule has 0 aliphatic heterocycles. The number of benzene rings is 1. The Morgan fingerprint density at radius 2 is 2.11 bits per heavy atom. The highest BCUT2D eigenvalue weighted by Crippen LogP contribution is 2.29. The lowest BCUT2D eigenvalue weighted by Crippen LogP contribution is -2.51. The Bertz CT molecular complexity index is 458. The standard InChI is InChI=1S/C13H16BrIN2O/c14-9-3-4-11(15)10(7-9)12(18)17-13(8-16)5-1-2-6-13/h3-4,7H,1-2,5-6,8,16H2,(H,17,18). The van der Waals surface area contributed by atoms with E-state index >= 15 is 0 Å². The van der Waals surface area contributed by atoms with Crippen molar-refractivity contribution in [1.29, 1.82) is 0 Å². The van der Waals surface area contributed by atoms with Crippen molar-refractivity contribution in [2.45, 2.75) is 31.2 Å². The van der Waals surface area contributed by atoms with Crippen LogP contribution in [0.25, 0.3) is 0 Å². The molecule has 1 saturated carbocycles. The molecule has 0 saturated heterocycles. The number of hydrogen-bond acceptors (Lipinski definition) is 2. The molecular weight excluding hydrogens is 407 g/mol. The van der Waals surface area contributed by atoms with Gasteiger partial charge in [0, 0.05) is 14.6 Å². The van der Waals surface area contributed by atoms with Gasteiger partial charge in [0.05, 0.1) is 11.1 Å². The van der Waals surface area contributed by atoms with E-state index in [1.54, 1.807) is 0 Å².